The molecule has 0 aliphatic carbocycles. The molecule has 0 rings (SSSR count). The van der Waals surface area contributed by atoms with Gasteiger partial charge in [0.2, 0.25) is 0 Å². The second-order valence-corrected chi connectivity index (χ2v) is 2.59. The number of hydrogen-bond donors (Lipinski definition) is 2. The third-order valence-electron chi connectivity index (χ3n) is 1.55. The van der Waals surface area contributed by atoms with Crippen LogP contribution in [0.4, 0.5) is 0 Å². The maximum atomic E-state index is 8.58. The van der Waals surface area contributed by atoms with Crippen molar-refractivity contribution in [1.29, 1.82) is 0 Å². The van der Waals surface area contributed by atoms with Gasteiger partial charge in [0, 0.05) is 0 Å². The molecule has 0 atom stereocenters. The van der Waals surface area contributed by atoms with Crippen LogP contribution in [0.15, 0.2) is 10.3 Å². The topological polar surface area (TPSA) is 65.2 Å². The number of rotatable bonds is 5. The average Bonchev–Trinajstić information content (AvgIpc) is 2.11. The lowest BCUT2D eigenvalue weighted by Crippen LogP contribution is -2.13. The van der Waals surface area contributed by atoms with Gasteiger partial charge in [-0.25, -0.2) is 0 Å². The Hall–Kier alpha value is -1.06. The molecule has 0 fully saturated rings. The van der Waals surface area contributed by atoms with Crippen molar-refractivity contribution in [3.05, 3.63) is 0 Å². The lowest BCUT2D eigenvalue weighted by Gasteiger charge is -2.02. The van der Waals surface area contributed by atoms with Crippen LogP contribution in [0.2, 0.25) is 0 Å². The largest absolute Gasteiger partial charge is 0.411 e. The average molecular weight is 172 g/mol. The van der Waals surface area contributed by atoms with Crippen LogP contribution in [-0.2, 0) is 0 Å². The van der Waals surface area contributed by atoms with E-state index in [4.69, 9.17) is 10.4 Å². The summed E-state index contributed by atoms with van der Waals surface area (Å²) in [5.41, 5.74) is 0.976. The first-order valence-corrected chi connectivity index (χ1v) is 4.22. The summed E-state index contributed by atoms with van der Waals surface area (Å²) in [5, 5.41) is 23.3. The highest BCUT2D eigenvalue weighted by atomic mass is 16.4. The fourth-order valence-electron chi connectivity index (χ4n) is 0.978. The smallest absolute Gasteiger partial charge is 0.104 e. The summed E-state index contributed by atoms with van der Waals surface area (Å²) >= 11 is 0. The molecule has 0 aliphatic heterocycles. The van der Waals surface area contributed by atoms with Crippen molar-refractivity contribution in [2.45, 2.75) is 39.5 Å². The van der Waals surface area contributed by atoms with E-state index >= 15 is 0 Å². The van der Waals surface area contributed by atoms with E-state index in [1.54, 1.807) is 0 Å². The maximum absolute atomic E-state index is 8.58. The molecule has 0 radical (unpaired) electrons. The first-order chi connectivity index (χ1) is 5.79. The fourth-order valence-corrected chi connectivity index (χ4v) is 0.978. The van der Waals surface area contributed by atoms with Gasteiger partial charge in [-0.05, 0) is 12.8 Å². The van der Waals surface area contributed by atoms with Crippen LogP contribution in [0.1, 0.15) is 39.5 Å². The van der Waals surface area contributed by atoms with E-state index in [1.807, 2.05) is 13.8 Å². The molecule has 0 spiro atoms. The van der Waals surface area contributed by atoms with Crippen molar-refractivity contribution in [1.82, 2.24) is 0 Å². The highest BCUT2D eigenvalue weighted by Crippen LogP contribution is 2.01. The molecule has 2 N–H and O–H groups in total. The first-order valence-electron chi connectivity index (χ1n) is 4.22. The second kappa shape index (κ2) is 6.64. The summed E-state index contributed by atoms with van der Waals surface area (Å²) in [6.07, 6.45) is 3.05. The first kappa shape index (κ1) is 10.9. The Morgan fingerprint density at radius 1 is 0.917 bits per heavy atom. The molecule has 0 aromatic heterocycles. The van der Waals surface area contributed by atoms with E-state index in [2.05, 4.69) is 10.3 Å². The molecular formula is C8H16N2O2. The summed E-state index contributed by atoms with van der Waals surface area (Å²) in [4.78, 5) is 0. The summed E-state index contributed by atoms with van der Waals surface area (Å²) < 4.78 is 0. The third kappa shape index (κ3) is 3.37. The zero-order chi connectivity index (χ0) is 9.40. The minimum atomic E-state index is 0.488. The normalized spacial score (nSPS) is 13.5. The van der Waals surface area contributed by atoms with E-state index in [-0.39, 0.29) is 0 Å². The quantitative estimate of drug-likeness (QED) is 0.379. The minimum absolute atomic E-state index is 0.488. The SMILES string of the molecule is CCCC(=N/O)/C(CCC)=N\O. The van der Waals surface area contributed by atoms with Crippen molar-refractivity contribution in [3.63, 3.8) is 0 Å². The molecule has 0 aliphatic rings. The molecule has 12 heavy (non-hydrogen) atoms. The molecular weight excluding hydrogens is 156 g/mol. The zero-order valence-electron chi connectivity index (χ0n) is 7.62. The summed E-state index contributed by atoms with van der Waals surface area (Å²) in [6.45, 7) is 3.96. The molecule has 0 heterocycles. The number of hydrogen-bond acceptors (Lipinski definition) is 4. The van der Waals surface area contributed by atoms with E-state index in [9.17, 15) is 0 Å². The van der Waals surface area contributed by atoms with Crippen molar-refractivity contribution < 1.29 is 10.4 Å². The van der Waals surface area contributed by atoms with E-state index in [0.717, 1.165) is 12.8 Å². The van der Waals surface area contributed by atoms with Gasteiger partial charge in [0.05, 0.1) is 0 Å². The molecule has 4 nitrogen and oxygen atoms in total. The van der Waals surface area contributed by atoms with Crippen LogP contribution in [0.3, 0.4) is 0 Å². The Balaban J connectivity index is 4.26. The molecule has 0 unspecified atom stereocenters. The van der Waals surface area contributed by atoms with Crippen LogP contribution in [0, 0.1) is 0 Å². The maximum Gasteiger partial charge on any atom is 0.104 e. The van der Waals surface area contributed by atoms with Crippen LogP contribution in [0.5, 0.6) is 0 Å². The lowest BCUT2D eigenvalue weighted by atomic mass is 10.1. The minimum Gasteiger partial charge on any atom is -0.411 e. The van der Waals surface area contributed by atoms with Gasteiger partial charge < -0.3 is 10.4 Å². The van der Waals surface area contributed by atoms with Crippen molar-refractivity contribution >= 4 is 11.4 Å². The Morgan fingerprint density at radius 3 is 1.42 bits per heavy atom. The van der Waals surface area contributed by atoms with E-state index in [1.165, 1.54) is 0 Å². The molecule has 0 aromatic carbocycles. The molecule has 0 amide bonds. The van der Waals surface area contributed by atoms with Crippen molar-refractivity contribution in [3.8, 4) is 0 Å². The highest BCUT2D eigenvalue weighted by Gasteiger charge is 2.07. The highest BCUT2D eigenvalue weighted by molar-refractivity contribution is 6.42. The lowest BCUT2D eigenvalue weighted by molar-refractivity contribution is 0.312. The Morgan fingerprint density at radius 2 is 1.25 bits per heavy atom. The molecule has 4 heteroatoms. The predicted octanol–water partition coefficient (Wildman–Crippen LogP) is 2.25. The number of nitrogens with zero attached hydrogens (tertiary/aromatic N) is 2. The van der Waals surface area contributed by atoms with E-state index < -0.39 is 0 Å². The van der Waals surface area contributed by atoms with Gasteiger partial charge in [0.1, 0.15) is 11.4 Å². The van der Waals surface area contributed by atoms with Gasteiger partial charge in [-0.3, -0.25) is 0 Å². The van der Waals surface area contributed by atoms with Gasteiger partial charge in [-0.15, -0.1) is 0 Å². The molecule has 0 bridgehead atoms. The summed E-state index contributed by atoms with van der Waals surface area (Å²) in [6, 6.07) is 0. The van der Waals surface area contributed by atoms with Crippen molar-refractivity contribution in [2.75, 3.05) is 0 Å². The van der Waals surface area contributed by atoms with Gasteiger partial charge in [0.25, 0.3) is 0 Å². The van der Waals surface area contributed by atoms with E-state index in [0.29, 0.717) is 24.3 Å². The van der Waals surface area contributed by atoms with Gasteiger partial charge in [0.15, 0.2) is 0 Å². The Bertz CT molecular complexity index is 156. The van der Waals surface area contributed by atoms with Crippen LogP contribution >= 0.6 is 0 Å². The van der Waals surface area contributed by atoms with Crippen LogP contribution in [-0.4, -0.2) is 21.8 Å². The monoisotopic (exact) mass is 172 g/mol. The molecule has 0 saturated heterocycles. The summed E-state index contributed by atoms with van der Waals surface area (Å²) in [7, 11) is 0. The number of oxime groups is 2. The second-order valence-electron chi connectivity index (χ2n) is 2.59. The zero-order valence-corrected chi connectivity index (χ0v) is 7.62. The predicted molar refractivity (Wildman–Crippen MR) is 48.3 cm³/mol. The van der Waals surface area contributed by atoms with Gasteiger partial charge >= 0.3 is 0 Å². The van der Waals surface area contributed by atoms with Gasteiger partial charge in [-0.2, -0.15) is 0 Å². The van der Waals surface area contributed by atoms with Crippen molar-refractivity contribution in [2.24, 2.45) is 10.3 Å². The van der Waals surface area contributed by atoms with Crippen LogP contribution < -0.4 is 0 Å². The fraction of sp³-hybridized carbons (Fsp3) is 0.750. The van der Waals surface area contributed by atoms with Gasteiger partial charge in [-0.1, -0.05) is 37.0 Å². The molecule has 0 aromatic rings. The third-order valence-corrected chi connectivity index (χ3v) is 1.55. The summed E-state index contributed by atoms with van der Waals surface area (Å²) in [5.74, 6) is 0. The molecule has 0 saturated carbocycles. The van der Waals surface area contributed by atoms with Crippen LogP contribution in [0.25, 0.3) is 0 Å². The Labute approximate surface area is 72.6 Å². The standard InChI is InChI=1S/C8H16N2O2/c1-3-5-7(9-11)8(10-12)6-4-2/h11-12H,3-6H2,1-2H3/b9-7-,10-8-. The Kier molecular flexibility index (Phi) is 6.05. The molecule has 70 valence electrons.